The summed E-state index contributed by atoms with van der Waals surface area (Å²) in [5, 5.41) is 2.41. The molecule has 3 fully saturated rings. The number of nitrogens with zero attached hydrogens (tertiary/aromatic N) is 2. The van der Waals surface area contributed by atoms with E-state index in [9.17, 15) is 9.59 Å². The molecular weight excluding hydrogens is 360 g/mol. The SMILES string of the molecule is O=C1C2CCCCC2N(Cc2cccc3ccccc23)C(=O)N1C1CCCCC1. The zero-order valence-corrected chi connectivity index (χ0v) is 17.1. The average molecular weight is 391 g/mol. The topological polar surface area (TPSA) is 40.6 Å². The average Bonchev–Trinajstić information content (AvgIpc) is 2.77. The highest BCUT2D eigenvalue weighted by Gasteiger charge is 2.49. The van der Waals surface area contributed by atoms with Crippen molar-refractivity contribution >= 4 is 22.7 Å². The second-order valence-electron chi connectivity index (χ2n) is 9.01. The van der Waals surface area contributed by atoms with Gasteiger partial charge in [-0.15, -0.1) is 0 Å². The van der Waals surface area contributed by atoms with E-state index < -0.39 is 0 Å². The van der Waals surface area contributed by atoms with Crippen LogP contribution in [0.3, 0.4) is 0 Å². The number of carbonyl (C=O) groups is 2. The van der Waals surface area contributed by atoms with Crippen LogP contribution in [0.25, 0.3) is 10.8 Å². The first-order valence-corrected chi connectivity index (χ1v) is 11.3. The maximum Gasteiger partial charge on any atom is 0.327 e. The molecule has 0 N–H and O–H groups in total. The minimum atomic E-state index is -0.0435. The molecule has 0 bridgehead atoms. The van der Waals surface area contributed by atoms with Crippen molar-refractivity contribution in [3.8, 4) is 0 Å². The van der Waals surface area contributed by atoms with Gasteiger partial charge in [-0.2, -0.15) is 0 Å². The quantitative estimate of drug-likeness (QED) is 0.695. The van der Waals surface area contributed by atoms with Crippen LogP contribution in [0.1, 0.15) is 63.4 Å². The van der Waals surface area contributed by atoms with E-state index in [1.54, 1.807) is 4.90 Å². The summed E-state index contributed by atoms with van der Waals surface area (Å²) in [6, 6.07) is 14.8. The highest BCUT2D eigenvalue weighted by Crippen LogP contribution is 2.38. The van der Waals surface area contributed by atoms with Gasteiger partial charge in [-0.05, 0) is 42.0 Å². The Kier molecular flexibility index (Phi) is 5.03. The van der Waals surface area contributed by atoms with E-state index >= 15 is 0 Å². The first-order chi connectivity index (χ1) is 14.2. The Bertz CT molecular complexity index is 913. The van der Waals surface area contributed by atoms with Crippen molar-refractivity contribution in [2.24, 2.45) is 5.92 Å². The third-order valence-corrected chi connectivity index (χ3v) is 7.30. The lowest BCUT2D eigenvalue weighted by molar-refractivity contribution is -0.143. The van der Waals surface area contributed by atoms with Crippen LogP contribution < -0.4 is 0 Å². The summed E-state index contributed by atoms with van der Waals surface area (Å²) in [6.07, 6.45) is 9.49. The summed E-state index contributed by atoms with van der Waals surface area (Å²) in [6.45, 7) is 0.595. The predicted octanol–water partition coefficient (Wildman–Crippen LogP) is 5.50. The summed E-state index contributed by atoms with van der Waals surface area (Å²) < 4.78 is 0. The number of carbonyl (C=O) groups excluding carboxylic acids is 2. The Balaban J connectivity index is 1.50. The Hall–Kier alpha value is -2.36. The van der Waals surface area contributed by atoms with Crippen LogP contribution in [0.15, 0.2) is 42.5 Å². The first kappa shape index (κ1) is 18.7. The number of benzene rings is 2. The van der Waals surface area contributed by atoms with Gasteiger partial charge in [0.25, 0.3) is 0 Å². The summed E-state index contributed by atoms with van der Waals surface area (Å²) in [5.41, 5.74) is 1.18. The van der Waals surface area contributed by atoms with Gasteiger partial charge in [-0.3, -0.25) is 9.69 Å². The van der Waals surface area contributed by atoms with Gasteiger partial charge in [-0.1, -0.05) is 74.6 Å². The summed E-state index contributed by atoms with van der Waals surface area (Å²) in [7, 11) is 0. The van der Waals surface area contributed by atoms with Crippen LogP contribution in [-0.2, 0) is 11.3 Å². The van der Waals surface area contributed by atoms with Crippen LogP contribution >= 0.6 is 0 Å². The largest absolute Gasteiger partial charge is 0.327 e. The molecule has 2 saturated carbocycles. The number of imide groups is 1. The second-order valence-corrected chi connectivity index (χ2v) is 9.01. The van der Waals surface area contributed by atoms with Crippen molar-refractivity contribution in [1.82, 2.24) is 9.80 Å². The van der Waals surface area contributed by atoms with E-state index in [4.69, 9.17) is 0 Å². The summed E-state index contributed by atoms with van der Waals surface area (Å²) in [5.74, 6) is 0.0964. The van der Waals surface area contributed by atoms with Crippen molar-refractivity contribution in [2.45, 2.75) is 76.4 Å². The number of fused-ring (bicyclic) bond motifs is 2. The monoisotopic (exact) mass is 390 g/mol. The van der Waals surface area contributed by atoms with E-state index in [0.717, 1.165) is 51.4 Å². The fraction of sp³-hybridized carbons (Fsp3) is 0.520. The maximum absolute atomic E-state index is 13.7. The van der Waals surface area contributed by atoms with Gasteiger partial charge in [0, 0.05) is 18.6 Å². The molecule has 0 spiro atoms. The van der Waals surface area contributed by atoms with E-state index in [2.05, 4.69) is 42.5 Å². The van der Waals surface area contributed by atoms with Crippen LogP contribution in [0.2, 0.25) is 0 Å². The molecule has 3 amide bonds. The van der Waals surface area contributed by atoms with Crippen molar-refractivity contribution in [3.05, 3.63) is 48.0 Å². The lowest BCUT2D eigenvalue weighted by Crippen LogP contribution is -2.64. The molecule has 152 valence electrons. The minimum absolute atomic E-state index is 0.0154. The first-order valence-electron chi connectivity index (χ1n) is 11.3. The standard InChI is InChI=1S/C25H30N2O2/c28-24-22-15-6-7-16-23(22)26(25(29)27(24)20-12-2-1-3-13-20)17-19-11-8-10-18-9-4-5-14-21(18)19/h4-5,8-11,14,20,22-23H,1-3,6-7,12-13,15-17H2. The molecule has 1 heterocycles. The molecule has 1 aliphatic heterocycles. The van der Waals surface area contributed by atoms with Gasteiger partial charge in [0.1, 0.15) is 0 Å². The van der Waals surface area contributed by atoms with Gasteiger partial charge >= 0.3 is 6.03 Å². The number of rotatable bonds is 3. The minimum Gasteiger partial charge on any atom is -0.316 e. The molecule has 2 atom stereocenters. The van der Waals surface area contributed by atoms with Crippen molar-refractivity contribution in [2.75, 3.05) is 0 Å². The molecule has 0 radical (unpaired) electrons. The fourth-order valence-corrected chi connectivity index (χ4v) is 5.80. The smallest absolute Gasteiger partial charge is 0.316 e. The van der Waals surface area contributed by atoms with Gasteiger partial charge in [0.05, 0.1) is 5.92 Å². The zero-order valence-electron chi connectivity index (χ0n) is 17.1. The number of amides is 3. The Labute approximate surface area is 172 Å². The van der Waals surface area contributed by atoms with Gasteiger partial charge in [0.15, 0.2) is 0 Å². The Morgan fingerprint density at radius 2 is 1.52 bits per heavy atom. The van der Waals surface area contributed by atoms with E-state index in [0.29, 0.717) is 6.54 Å². The van der Waals surface area contributed by atoms with Crippen LogP contribution in [0, 0.1) is 5.92 Å². The van der Waals surface area contributed by atoms with Gasteiger partial charge in [-0.25, -0.2) is 4.79 Å². The van der Waals surface area contributed by atoms with Crippen LogP contribution in [0.4, 0.5) is 4.79 Å². The number of hydrogen-bond acceptors (Lipinski definition) is 2. The van der Waals surface area contributed by atoms with Gasteiger partial charge in [0.2, 0.25) is 5.91 Å². The third kappa shape index (κ3) is 3.33. The molecule has 3 aliphatic rings. The van der Waals surface area contributed by atoms with Crippen LogP contribution in [-0.4, -0.2) is 33.8 Å². The molecular formula is C25H30N2O2. The number of urea groups is 1. The summed E-state index contributed by atoms with van der Waals surface area (Å²) in [4.78, 5) is 30.7. The Morgan fingerprint density at radius 1 is 0.793 bits per heavy atom. The molecule has 2 aliphatic carbocycles. The highest BCUT2D eigenvalue weighted by atomic mass is 16.2. The van der Waals surface area contributed by atoms with Crippen molar-refractivity contribution in [1.29, 1.82) is 0 Å². The molecule has 4 nitrogen and oxygen atoms in total. The maximum atomic E-state index is 13.7. The molecule has 4 heteroatoms. The lowest BCUT2D eigenvalue weighted by Gasteiger charge is -2.49. The normalized spacial score (nSPS) is 26.1. The molecule has 29 heavy (non-hydrogen) atoms. The molecule has 5 rings (SSSR count). The fourth-order valence-electron chi connectivity index (χ4n) is 5.80. The lowest BCUT2D eigenvalue weighted by atomic mass is 9.80. The molecule has 2 aromatic carbocycles. The predicted molar refractivity (Wildman–Crippen MR) is 114 cm³/mol. The van der Waals surface area contributed by atoms with E-state index in [-0.39, 0.29) is 29.9 Å². The Morgan fingerprint density at radius 3 is 2.38 bits per heavy atom. The third-order valence-electron chi connectivity index (χ3n) is 7.30. The molecule has 2 unspecified atom stereocenters. The zero-order chi connectivity index (χ0) is 19.8. The molecule has 0 aromatic heterocycles. The number of hydrogen-bond donors (Lipinski definition) is 0. The molecule has 1 saturated heterocycles. The second kappa shape index (κ2) is 7.81. The van der Waals surface area contributed by atoms with Crippen molar-refractivity contribution < 1.29 is 9.59 Å². The van der Waals surface area contributed by atoms with E-state index in [1.807, 2.05) is 4.90 Å². The summed E-state index contributed by atoms with van der Waals surface area (Å²) >= 11 is 0. The highest BCUT2D eigenvalue weighted by molar-refractivity contribution is 5.99. The van der Waals surface area contributed by atoms with Gasteiger partial charge < -0.3 is 4.90 Å². The van der Waals surface area contributed by atoms with Crippen LogP contribution in [0.5, 0.6) is 0 Å². The van der Waals surface area contributed by atoms with Crippen molar-refractivity contribution in [3.63, 3.8) is 0 Å². The molecule has 2 aromatic rings. The van der Waals surface area contributed by atoms with E-state index in [1.165, 1.54) is 22.8 Å².